The van der Waals surface area contributed by atoms with Gasteiger partial charge < -0.3 is 9.88 Å². The van der Waals surface area contributed by atoms with E-state index >= 15 is 0 Å². The molecule has 0 saturated carbocycles. The number of nitrogens with zero attached hydrogens (tertiary/aromatic N) is 6. The molecule has 0 amide bonds. The van der Waals surface area contributed by atoms with Crippen LogP contribution < -0.4 is 5.32 Å². The van der Waals surface area contributed by atoms with Crippen molar-refractivity contribution in [3.05, 3.63) is 36.2 Å². The number of hydrogen-bond donors (Lipinski definition) is 1. The Morgan fingerprint density at radius 3 is 3.00 bits per heavy atom. The Balaban J connectivity index is 1.60. The van der Waals surface area contributed by atoms with E-state index in [-0.39, 0.29) is 6.04 Å². The van der Waals surface area contributed by atoms with Crippen LogP contribution in [0.25, 0.3) is 11.2 Å². The second kappa shape index (κ2) is 5.32. The van der Waals surface area contributed by atoms with Gasteiger partial charge in [-0.15, -0.1) is 10.2 Å². The van der Waals surface area contributed by atoms with Gasteiger partial charge in [0.25, 0.3) is 0 Å². The molecular weight excluding hydrogens is 278 g/mol. The molecule has 1 aliphatic rings. The zero-order chi connectivity index (χ0) is 14.9. The number of pyridine rings is 1. The fourth-order valence-electron chi connectivity index (χ4n) is 2.87. The van der Waals surface area contributed by atoms with Gasteiger partial charge in [0, 0.05) is 25.4 Å². The summed E-state index contributed by atoms with van der Waals surface area (Å²) in [6.07, 6.45) is 6.72. The minimum Gasteiger partial charge on any atom is -0.360 e. The number of hydrogen-bond acceptors (Lipinski definition) is 6. The smallest absolute Gasteiger partial charge is 0.180 e. The van der Waals surface area contributed by atoms with Crippen molar-refractivity contribution in [3.63, 3.8) is 0 Å². The molecule has 4 rings (SSSR count). The van der Waals surface area contributed by atoms with Gasteiger partial charge in [0.15, 0.2) is 11.5 Å². The van der Waals surface area contributed by atoms with Crippen LogP contribution in [0.2, 0.25) is 0 Å². The van der Waals surface area contributed by atoms with E-state index < -0.39 is 0 Å². The minimum absolute atomic E-state index is 0.0426. The van der Waals surface area contributed by atoms with E-state index in [9.17, 15) is 0 Å². The molecule has 3 aromatic heterocycles. The summed E-state index contributed by atoms with van der Waals surface area (Å²) < 4.78 is 2.22. The Morgan fingerprint density at radius 1 is 1.14 bits per heavy atom. The zero-order valence-corrected chi connectivity index (χ0v) is 12.4. The van der Waals surface area contributed by atoms with Crippen molar-refractivity contribution < 1.29 is 0 Å². The predicted octanol–water partition coefficient (Wildman–Crippen LogP) is 2.13. The Bertz CT molecular complexity index is 811. The lowest BCUT2D eigenvalue weighted by atomic mass is 10.1. The Hall–Kier alpha value is -2.57. The first-order valence-corrected chi connectivity index (χ1v) is 7.57. The van der Waals surface area contributed by atoms with Crippen LogP contribution in [0.3, 0.4) is 0 Å². The van der Waals surface area contributed by atoms with Crippen molar-refractivity contribution in [1.29, 1.82) is 0 Å². The number of anilines is 1. The lowest BCUT2D eigenvalue weighted by molar-refractivity contribution is 0.500. The Labute approximate surface area is 127 Å². The standard InChI is InChI=1S/C15H17N7/c1-10(15-21-20-13-4-2-3-9-22(13)15)18-12-6-5-11-14(19-12)17-8-7-16-11/h5-8,10H,2-4,9H2,1H3,(H,17,18,19). The summed E-state index contributed by atoms with van der Waals surface area (Å²) in [7, 11) is 0. The second-order valence-corrected chi connectivity index (χ2v) is 5.54. The van der Waals surface area contributed by atoms with Crippen molar-refractivity contribution in [2.24, 2.45) is 0 Å². The van der Waals surface area contributed by atoms with E-state index in [0.29, 0.717) is 5.65 Å². The first kappa shape index (κ1) is 13.1. The molecule has 7 heteroatoms. The van der Waals surface area contributed by atoms with Crippen molar-refractivity contribution in [2.75, 3.05) is 5.32 Å². The van der Waals surface area contributed by atoms with Crippen LogP contribution in [-0.2, 0) is 13.0 Å². The molecule has 1 atom stereocenters. The summed E-state index contributed by atoms with van der Waals surface area (Å²) in [5, 5.41) is 12.0. The summed E-state index contributed by atoms with van der Waals surface area (Å²) in [6.45, 7) is 3.08. The maximum Gasteiger partial charge on any atom is 0.180 e. The van der Waals surface area contributed by atoms with E-state index in [1.807, 2.05) is 12.1 Å². The lowest BCUT2D eigenvalue weighted by Gasteiger charge is -2.19. The highest BCUT2D eigenvalue weighted by Crippen LogP contribution is 2.22. The molecule has 0 spiro atoms. The fraction of sp³-hybridized carbons (Fsp3) is 0.400. The highest BCUT2D eigenvalue weighted by atomic mass is 15.3. The van der Waals surface area contributed by atoms with Crippen LogP contribution in [0.1, 0.15) is 37.5 Å². The molecule has 0 saturated heterocycles. The van der Waals surface area contributed by atoms with Crippen LogP contribution >= 0.6 is 0 Å². The second-order valence-electron chi connectivity index (χ2n) is 5.54. The first-order valence-electron chi connectivity index (χ1n) is 7.57. The summed E-state index contributed by atoms with van der Waals surface area (Å²) in [5.41, 5.74) is 1.43. The maximum atomic E-state index is 4.49. The minimum atomic E-state index is 0.0426. The van der Waals surface area contributed by atoms with Crippen molar-refractivity contribution in [3.8, 4) is 0 Å². The molecule has 1 aliphatic heterocycles. The SMILES string of the molecule is CC(Nc1ccc2nccnc2n1)c1nnc2n1CCCC2. The van der Waals surface area contributed by atoms with Crippen LogP contribution in [0, 0.1) is 0 Å². The third-order valence-electron chi connectivity index (χ3n) is 3.97. The van der Waals surface area contributed by atoms with Crippen molar-refractivity contribution in [2.45, 2.75) is 38.8 Å². The topological polar surface area (TPSA) is 81.4 Å². The zero-order valence-electron chi connectivity index (χ0n) is 12.4. The molecular formula is C15H17N7. The molecule has 0 bridgehead atoms. The molecule has 0 radical (unpaired) electrons. The quantitative estimate of drug-likeness (QED) is 0.797. The molecule has 22 heavy (non-hydrogen) atoms. The van der Waals surface area contributed by atoms with E-state index in [1.165, 1.54) is 12.8 Å². The average molecular weight is 295 g/mol. The largest absolute Gasteiger partial charge is 0.360 e. The van der Waals surface area contributed by atoms with Gasteiger partial charge in [0.1, 0.15) is 17.2 Å². The lowest BCUT2D eigenvalue weighted by Crippen LogP contribution is -2.18. The van der Waals surface area contributed by atoms with Gasteiger partial charge in [-0.2, -0.15) is 0 Å². The van der Waals surface area contributed by atoms with Gasteiger partial charge in [-0.05, 0) is 31.9 Å². The molecule has 0 aromatic carbocycles. The number of rotatable bonds is 3. The van der Waals surface area contributed by atoms with E-state index in [2.05, 4.69) is 42.0 Å². The molecule has 7 nitrogen and oxygen atoms in total. The normalized spacial score (nSPS) is 15.5. The molecule has 4 heterocycles. The summed E-state index contributed by atoms with van der Waals surface area (Å²) >= 11 is 0. The molecule has 1 N–H and O–H groups in total. The molecule has 3 aromatic rings. The summed E-state index contributed by atoms with van der Waals surface area (Å²) in [5.74, 6) is 2.83. The van der Waals surface area contributed by atoms with Gasteiger partial charge >= 0.3 is 0 Å². The highest BCUT2D eigenvalue weighted by molar-refractivity contribution is 5.71. The number of aromatic nitrogens is 6. The summed E-state index contributed by atoms with van der Waals surface area (Å²) in [4.78, 5) is 13.0. The third kappa shape index (κ3) is 2.28. The van der Waals surface area contributed by atoms with Gasteiger partial charge in [0.05, 0.1) is 6.04 Å². The van der Waals surface area contributed by atoms with Crippen LogP contribution in [0.5, 0.6) is 0 Å². The fourth-order valence-corrected chi connectivity index (χ4v) is 2.87. The number of aryl methyl sites for hydroxylation is 1. The van der Waals surface area contributed by atoms with Crippen molar-refractivity contribution in [1.82, 2.24) is 29.7 Å². The van der Waals surface area contributed by atoms with Gasteiger partial charge in [-0.3, -0.25) is 4.98 Å². The predicted molar refractivity (Wildman–Crippen MR) is 82.3 cm³/mol. The van der Waals surface area contributed by atoms with Crippen molar-refractivity contribution >= 4 is 17.0 Å². The van der Waals surface area contributed by atoms with Gasteiger partial charge in [-0.1, -0.05) is 0 Å². The van der Waals surface area contributed by atoms with Crippen LogP contribution in [-0.4, -0.2) is 29.7 Å². The number of fused-ring (bicyclic) bond motifs is 2. The van der Waals surface area contributed by atoms with E-state index in [1.54, 1.807) is 12.4 Å². The monoisotopic (exact) mass is 295 g/mol. The molecule has 0 aliphatic carbocycles. The Morgan fingerprint density at radius 2 is 2.05 bits per heavy atom. The third-order valence-corrected chi connectivity index (χ3v) is 3.97. The van der Waals surface area contributed by atoms with Gasteiger partial charge in [-0.25, -0.2) is 9.97 Å². The maximum absolute atomic E-state index is 4.49. The average Bonchev–Trinajstić information content (AvgIpc) is 2.99. The molecule has 0 fully saturated rings. The molecule has 1 unspecified atom stereocenters. The van der Waals surface area contributed by atoms with E-state index in [0.717, 1.165) is 35.9 Å². The molecule has 112 valence electrons. The van der Waals surface area contributed by atoms with Crippen LogP contribution in [0.4, 0.5) is 5.82 Å². The Kier molecular flexibility index (Phi) is 3.17. The first-order chi connectivity index (χ1) is 10.8. The summed E-state index contributed by atoms with van der Waals surface area (Å²) in [6, 6.07) is 3.88. The van der Waals surface area contributed by atoms with Crippen LogP contribution in [0.15, 0.2) is 24.5 Å². The number of nitrogens with one attached hydrogen (secondary N) is 1. The highest BCUT2D eigenvalue weighted by Gasteiger charge is 2.20. The van der Waals surface area contributed by atoms with Gasteiger partial charge in [0.2, 0.25) is 0 Å². The van der Waals surface area contributed by atoms with E-state index in [4.69, 9.17) is 0 Å².